The summed E-state index contributed by atoms with van der Waals surface area (Å²) in [6, 6.07) is 5.28. The van der Waals surface area contributed by atoms with E-state index < -0.39 is 0 Å². The van der Waals surface area contributed by atoms with Crippen molar-refractivity contribution >= 4 is 39.3 Å². The highest BCUT2D eigenvalue weighted by Gasteiger charge is 2.29. The Kier molecular flexibility index (Phi) is 5.05. The van der Waals surface area contributed by atoms with Gasteiger partial charge in [0.05, 0.1) is 16.5 Å². The second-order valence-electron chi connectivity index (χ2n) is 4.81. The molecule has 1 heterocycles. The van der Waals surface area contributed by atoms with Gasteiger partial charge in [-0.1, -0.05) is 17.7 Å². The van der Waals surface area contributed by atoms with E-state index in [4.69, 9.17) is 11.6 Å². The number of amides is 2. The summed E-state index contributed by atoms with van der Waals surface area (Å²) in [5, 5.41) is 3.06. The fourth-order valence-electron chi connectivity index (χ4n) is 2.42. The van der Waals surface area contributed by atoms with Crippen LogP contribution in [0, 0.1) is 5.92 Å². The van der Waals surface area contributed by atoms with E-state index in [9.17, 15) is 9.59 Å². The molecule has 1 aliphatic rings. The van der Waals surface area contributed by atoms with E-state index in [0.29, 0.717) is 28.1 Å². The molecular formula is C14H16BrClN2O2. The number of hydrogen-bond donors (Lipinski definition) is 1. The Morgan fingerprint density at radius 2 is 2.20 bits per heavy atom. The second-order valence-corrected chi connectivity index (χ2v) is 6.04. The number of piperidine rings is 1. The second kappa shape index (κ2) is 6.59. The van der Waals surface area contributed by atoms with Gasteiger partial charge in [0, 0.05) is 24.6 Å². The van der Waals surface area contributed by atoms with E-state index >= 15 is 0 Å². The third-order valence-corrected chi connectivity index (χ3v) is 4.80. The normalized spacial score (nSPS) is 18.8. The van der Waals surface area contributed by atoms with E-state index in [2.05, 4.69) is 21.2 Å². The average Bonchev–Trinajstić information content (AvgIpc) is 2.48. The number of benzene rings is 1. The fraction of sp³-hybridized carbons (Fsp3) is 0.429. The highest BCUT2D eigenvalue weighted by atomic mass is 79.9. The fourth-order valence-corrected chi connectivity index (χ4v) is 2.99. The molecule has 1 saturated heterocycles. The van der Waals surface area contributed by atoms with Gasteiger partial charge in [-0.15, -0.1) is 0 Å². The molecule has 1 aliphatic heterocycles. The molecule has 1 unspecified atom stereocenters. The summed E-state index contributed by atoms with van der Waals surface area (Å²) in [7, 11) is 1.62. The van der Waals surface area contributed by atoms with Gasteiger partial charge >= 0.3 is 0 Å². The van der Waals surface area contributed by atoms with Crippen LogP contribution < -0.4 is 5.32 Å². The first-order valence-electron chi connectivity index (χ1n) is 6.49. The minimum atomic E-state index is -0.136. The summed E-state index contributed by atoms with van der Waals surface area (Å²) in [5.74, 6) is -0.267. The van der Waals surface area contributed by atoms with Crippen molar-refractivity contribution in [2.45, 2.75) is 12.8 Å². The van der Waals surface area contributed by atoms with Gasteiger partial charge in [-0.25, -0.2) is 0 Å². The van der Waals surface area contributed by atoms with Crippen molar-refractivity contribution in [3.05, 3.63) is 33.3 Å². The maximum Gasteiger partial charge on any atom is 0.255 e. The summed E-state index contributed by atoms with van der Waals surface area (Å²) in [6.45, 7) is 1.11. The van der Waals surface area contributed by atoms with Crippen LogP contribution in [0.15, 0.2) is 22.7 Å². The first-order chi connectivity index (χ1) is 9.54. The maximum atomic E-state index is 12.5. The Morgan fingerprint density at radius 1 is 1.45 bits per heavy atom. The number of rotatable bonds is 2. The van der Waals surface area contributed by atoms with Crippen LogP contribution in [0.5, 0.6) is 0 Å². The molecule has 2 amide bonds. The van der Waals surface area contributed by atoms with Crippen LogP contribution in [-0.2, 0) is 4.79 Å². The van der Waals surface area contributed by atoms with E-state index in [1.54, 1.807) is 30.1 Å². The minimum Gasteiger partial charge on any atom is -0.359 e. The molecule has 6 heteroatoms. The average molecular weight is 360 g/mol. The van der Waals surface area contributed by atoms with Crippen LogP contribution >= 0.6 is 27.5 Å². The van der Waals surface area contributed by atoms with Crippen LogP contribution in [-0.4, -0.2) is 36.9 Å². The van der Waals surface area contributed by atoms with Crippen molar-refractivity contribution in [1.29, 1.82) is 0 Å². The Bertz CT molecular complexity index is 536. The van der Waals surface area contributed by atoms with Crippen molar-refractivity contribution in [2.24, 2.45) is 5.92 Å². The Hall–Kier alpha value is -1.07. The molecule has 1 aromatic rings. The van der Waals surface area contributed by atoms with Crippen molar-refractivity contribution in [3.8, 4) is 0 Å². The largest absolute Gasteiger partial charge is 0.359 e. The molecule has 1 fully saturated rings. The smallest absolute Gasteiger partial charge is 0.255 e. The van der Waals surface area contributed by atoms with Gasteiger partial charge in [0.15, 0.2) is 0 Å². The molecule has 108 valence electrons. The highest BCUT2D eigenvalue weighted by molar-refractivity contribution is 9.10. The van der Waals surface area contributed by atoms with Crippen LogP contribution in [0.3, 0.4) is 0 Å². The monoisotopic (exact) mass is 358 g/mol. The molecule has 1 atom stereocenters. The first kappa shape index (κ1) is 15.3. The van der Waals surface area contributed by atoms with Crippen LogP contribution in [0.1, 0.15) is 23.2 Å². The van der Waals surface area contributed by atoms with E-state index in [1.165, 1.54) is 0 Å². The number of carbonyl (C=O) groups excluding carboxylic acids is 2. The lowest BCUT2D eigenvalue weighted by atomic mass is 9.96. The molecule has 1 aromatic carbocycles. The van der Waals surface area contributed by atoms with Gasteiger partial charge < -0.3 is 10.2 Å². The summed E-state index contributed by atoms with van der Waals surface area (Å²) in [5.41, 5.74) is 0.471. The standard InChI is InChI=1S/C14H16BrClN2O2/c1-17-13(19)9-4-3-7-18(8-9)14(20)10-5-2-6-11(15)12(10)16/h2,5-6,9H,3-4,7-8H2,1H3,(H,17,19). The number of halogens is 2. The SMILES string of the molecule is CNC(=O)C1CCCN(C(=O)c2cccc(Br)c2Cl)C1. The number of carbonyl (C=O) groups is 2. The van der Waals surface area contributed by atoms with E-state index in [-0.39, 0.29) is 17.7 Å². The molecule has 0 bridgehead atoms. The summed E-state index contributed by atoms with van der Waals surface area (Å²) in [6.07, 6.45) is 1.64. The van der Waals surface area contributed by atoms with Gasteiger partial charge in [-0.05, 0) is 40.9 Å². The molecule has 1 N–H and O–H groups in total. The summed E-state index contributed by atoms with van der Waals surface area (Å²) in [4.78, 5) is 25.9. The van der Waals surface area contributed by atoms with Gasteiger partial charge in [-0.2, -0.15) is 0 Å². The Balaban J connectivity index is 2.16. The third kappa shape index (κ3) is 3.15. The lowest BCUT2D eigenvalue weighted by Gasteiger charge is -2.32. The van der Waals surface area contributed by atoms with Gasteiger partial charge in [0.25, 0.3) is 5.91 Å². The van der Waals surface area contributed by atoms with E-state index in [1.807, 2.05) is 0 Å². The maximum absolute atomic E-state index is 12.5. The molecule has 0 radical (unpaired) electrons. The number of nitrogens with zero attached hydrogens (tertiary/aromatic N) is 1. The predicted octanol–water partition coefficient (Wildman–Crippen LogP) is 2.70. The Labute approximate surface area is 131 Å². The van der Waals surface area contributed by atoms with Gasteiger partial charge in [0.1, 0.15) is 0 Å². The first-order valence-corrected chi connectivity index (χ1v) is 7.66. The van der Waals surface area contributed by atoms with Crippen molar-refractivity contribution < 1.29 is 9.59 Å². The zero-order valence-corrected chi connectivity index (χ0v) is 13.5. The predicted molar refractivity (Wildman–Crippen MR) is 81.8 cm³/mol. The van der Waals surface area contributed by atoms with Gasteiger partial charge in [0.2, 0.25) is 5.91 Å². The van der Waals surface area contributed by atoms with Crippen molar-refractivity contribution in [2.75, 3.05) is 20.1 Å². The lowest BCUT2D eigenvalue weighted by molar-refractivity contribution is -0.125. The molecule has 20 heavy (non-hydrogen) atoms. The van der Waals surface area contributed by atoms with Crippen LogP contribution in [0.25, 0.3) is 0 Å². The molecule has 0 spiro atoms. The molecule has 2 rings (SSSR count). The zero-order valence-electron chi connectivity index (χ0n) is 11.2. The van der Waals surface area contributed by atoms with Crippen LogP contribution in [0.2, 0.25) is 5.02 Å². The molecular weight excluding hydrogens is 344 g/mol. The van der Waals surface area contributed by atoms with Crippen molar-refractivity contribution in [3.63, 3.8) is 0 Å². The van der Waals surface area contributed by atoms with Crippen molar-refractivity contribution in [1.82, 2.24) is 10.2 Å². The molecule has 0 aliphatic carbocycles. The summed E-state index contributed by atoms with van der Waals surface area (Å²) < 4.78 is 0.699. The minimum absolute atomic E-state index is 0.0113. The summed E-state index contributed by atoms with van der Waals surface area (Å²) >= 11 is 9.48. The highest BCUT2D eigenvalue weighted by Crippen LogP contribution is 2.28. The van der Waals surface area contributed by atoms with Crippen LogP contribution in [0.4, 0.5) is 0 Å². The topological polar surface area (TPSA) is 49.4 Å². The molecule has 0 saturated carbocycles. The Morgan fingerprint density at radius 3 is 2.90 bits per heavy atom. The lowest BCUT2D eigenvalue weighted by Crippen LogP contribution is -2.44. The number of likely N-dealkylation sites (tertiary alicyclic amines) is 1. The number of hydrogen-bond acceptors (Lipinski definition) is 2. The third-order valence-electron chi connectivity index (χ3n) is 3.51. The zero-order chi connectivity index (χ0) is 14.7. The van der Waals surface area contributed by atoms with Gasteiger partial charge in [-0.3, -0.25) is 9.59 Å². The molecule has 4 nitrogen and oxygen atoms in total. The number of nitrogens with one attached hydrogen (secondary N) is 1. The molecule has 0 aromatic heterocycles. The van der Waals surface area contributed by atoms with E-state index in [0.717, 1.165) is 12.8 Å². The quantitative estimate of drug-likeness (QED) is 0.882.